The highest BCUT2D eigenvalue weighted by Crippen LogP contribution is 1.76. The van der Waals surface area contributed by atoms with Crippen molar-refractivity contribution in [3.63, 3.8) is 0 Å². The van der Waals surface area contributed by atoms with Crippen molar-refractivity contribution in [2.75, 3.05) is 0 Å². The summed E-state index contributed by atoms with van der Waals surface area (Å²) in [6.07, 6.45) is 8.06. The van der Waals surface area contributed by atoms with Gasteiger partial charge in [0.15, 0.2) is 0 Å². The molecule has 0 bridgehead atoms. The molecule has 0 aliphatic heterocycles. The van der Waals surface area contributed by atoms with Gasteiger partial charge >= 0.3 is 16.5 Å². The monoisotopic (exact) mass is 188 g/mol. The van der Waals surface area contributed by atoms with Crippen LogP contribution in [-0.4, -0.2) is 25.0 Å². The second-order valence-corrected chi connectivity index (χ2v) is 2.81. The van der Waals surface area contributed by atoms with Gasteiger partial charge in [-0.3, -0.25) is 0 Å². The van der Waals surface area contributed by atoms with E-state index in [1.807, 2.05) is 9.75 Å². The SMILES string of the molecule is CCCC.[AlH][n]1ccnc1.[Cl-]. The molecule has 0 aliphatic carbocycles. The van der Waals surface area contributed by atoms with Gasteiger partial charge in [0.2, 0.25) is 0 Å². The molecular weight excluding hydrogens is 175 g/mol. The summed E-state index contributed by atoms with van der Waals surface area (Å²) >= 11 is 1.76. The van der Waals surface area contributed by atoms with Gasteiger partial charge in [-0.05, 0) is 6.20 Å². The zero-order valence-corrected chi connectivity index (χ0v) is 9.30. The Labute approximate surface area is 83.1 Å². The third-order valence-corrected chi connectivity index (χ3v) is 1.43. The standard InChI is InChI=1S/C4H10.C3H3N2.Al.ClH.H/c1-3-4-2;1-2-5-3-4-1;;;/h3-4H2,1-2H3;1-3H;;1H;/q;-1;+1;;/p-1. The van der Waals surface area contributed by atoms with Gasteiger partial charge in [0, 0.05) is 6.20 Å². The van der Waals surface area contributed by atoms with E-state index in [4.69, 9.17) is 0 Å². The summed E-state index contributed by atoms with van der Waals surface area (Å²) in [7, 11) is 0. The predicted molar refractivity (Wildman–Crippen MR) is 45.4 cm³/mol. The second kappa shape index (κ2) is 10.0. The second-order valence-electron chi connectivity index (χ2n) is 2.08. The average Bonchev–Trinajstić information content (AvgIpc) is 2.40. The highest BCUT2D eigenvalue weighted by molar-refractivity contribution is 6.06. The summed E-state index contributed by atoms with van der Waals surface area (Å²) in [5.41, 5.74) is 0. The van der Waals surface area contributed by atoms with Crippen LogP contribution in [0, 0.1) is 0 Å². The Hall–Kier alpha value is 0.0325. The first-order valence-electron chi connectivity index (χ1n) is 3.60. The van der Waals surface area contributed by atoms with E-state index in [0.717, 1.165) is 0 Å². The molecule has 4 heteroatoms. The van der Waals surface area contributed by atoms with Crippen LogP contribution in [0.25, 0.3) is 0 Å². The Morgan fingerprint density at radius 3 is 2.00 bits per heavy atom. The van der Waals surface area contributed by atoms with Crippen LogP contribution in [-0.2, 0) is 0 Å². The lowest BCUT2D eigenvalue weighted by atomic mass is 10.4. The minimum atomic E-state index is 0. The molecule has 0 saturated heterocycles. The molecule has 2 nitrogen and oxygen atoms in total. The molecule has 1 aromatic rings. The van der Waals surface area contributed by atoms with Crippen LogP contribution >= 0.6 is 0 Å². The lowest BCUT2D eigenvalue weighted by Crippen LogP contribution is -3.00. The fraction of sp³-hybridized carbons (Fsp3) is 0.571. The number of rotatable bonds is 1. The highest BCUT2D eigenvalue weighted by atomic mass is 35.5. The highest BCUT2D eigenvalue weighted by Gasteiger charge is 1.69. The minimum Gasteiger partial charge on any atom is -1.00 e. The molecule has 1 heterocycles. The molecule has 0 fully saturated rings. The number of imidazole rings is 1. The van der Waals surface area contributed by atoms with Crippen molar-refractivity contribution < 1.29 is 12.4 Å². The fourth-order valence-corrected chi connectivity index (χ4v) is 0.475. The first kappa shape index (κ1) is 13.6. The van der Waals surface area contributed by atoms with Crippen molar-refractivity contribution in [2.24, 2.45) is 0 Å². The third kappa shape index (κ3) is 10.0. The first-order valence-corrected chi connectivity index (χ1v) is 4.23. The minimum absolute atomic E-state index is 0. The normalized spacial score (nSPS) is 7.45. The number of hydrogen-bond acceptors (Lipinski definition) is 1. The maximum absolute atomic E-state index is 3.79. The van der Waals surface area contributed by atoms with E-state index in [0.29, 0.717) is 0 Å². The van der Waals surface area contributed by atoms with Crippen LogP contribution in [0.3, 0.4) is 0 Å². The van der Waals surface area contributed by atoms with Gasteiger partial charge in [-0.2, -0.15) is 0 Å². The van der Waals surface area contributed by atoms with E-state index in [1.54, 1.807) is 29.0 Å². The maximum Gasteiger partial charge on any atom is 0.350 e. The summed E-state index contributed by atoms with van der Waals surface area (Å²) in [6, 6.07) is 0. The van der Waals surface area contributed by atoms with Crippen molar-refractivity contribution in [1.29, 1.82) is 0 Å². The molecule has 0 amide bonds. The van der Waals surface area contributed by atoms with Crippen molar-refractivity contribution in [2.45, 2.75) is 26.7 Å². The lowest BCUT2D eigenvalue weighted by Gasteiger charge is -1.78. The summed E-state index contributed by atoms with van der Waals surface area (Å²) in [5, 5.41) is 0. The molecule has 63 valence electrons. The largest absolute Gasteiger partial charge is 1.00 e. The molecule has 1 radical (unpaired) electrons. The van der Waals surface area contributed by atoms with Crippen LogP contribution in [0.1, 0.15) is 26.7 Å². The number of aromatic nitrogens is 2. The Kier molecular flexibility index (Phi) is 12.4. The number of unbranched alkanes of at least 4 members (excludes halogenated alkanes) is 1. The molecule has 0 spiro atoms. The van der Waals surface area contributed by atoms with Gasteiger partial charge in [0.25, 0.3) is 0 Å². The van der Waals surface area contributed by atoms with Crippen LogP contribution in [0.5, 0.6) is 0 Å². The van der Waals surface area contributed by atoms with Crippen LogP contribution < -0.4 is 12.4 Å². The van der Waals surface area contributed by atoms with E-state index in [-0.39, 0.29) is 12.4 Å². The predicted octanol–water partition coefficient (Wildman–Crippen LogP) is -1.64. The topological polar surface area (TPSA) is 17.8 Å². The van der Waals surface area contributed by atoms with Crippen LogP contribution in [0.4, 0.5) is 0 Å². The molecule has 0 aromatic carbocycles. The Morgan fingerprint density at radius 2 is 1.91 bits per heavy atom. The van der Waals surface area contributed by atoms with Gasteiger partial charge in [0.1, 0.15) is 0 Å². The van der Waals surface area contributed by atoms with E-state index >= 15 is 0 Å². The van der Waals surface area contributed by atoms with Gasteiger partial charge in [-0.1, -0.05) is 26.7 Å². The molecule has 0 aliphatic rings. The van der Waals surface area contributed by atoms with Crippen molar-refractivity contribution in [3.05, 3.63) is 18.7 Å². The Morgan fingerprint density at radius 1 is 1.36 bits per heavy atom. The summed E-state index contributed by atoms with van der Waals surface area (Å²) in [4.78, 5) is 3.79. The molecule has 1 rings (SSSR count). The zero-order valence-electron chi connectivity index (χ0n) is 7.13. The van der Waals surface area contributed by atoms with Gasteiger partial charge in [-0.25, -0.2) is 4.98 Å². The van der Waals surface area contributed by atoms with E-state index in [2.05, 4.69) is 18.8 Å². The molecule has 0 saturated carbocycles. The van der Waals surface area contributed by atoms with Gasteiger partial charge < -0.3 is 16.0 Å². The molecule has 0 atom stereocenters. The van der Waals surface area contributed by atoms with Crippen molar-refractivity contribution in [3.8, 4) is 0 Å². The number of halogens is 1. The van der Waals surface area contributed by atoms with Crippen molar-refractivity contribution >= 4 is 16.5 Å². The first-order chi connectivity index (χ1) is 4.81. The van der Waals surface area contributed by atoms with Crippen LogP contribution in [0.2, 0.25) is 0 Å². The number of nitrogens with zero attached hydrogens (tertiary/aromatic N) is 2. The quantitative estimate of drug-likeness (QED) is 0.484. The average molecular weight is 189 g/mol. The van der Waals surface area contributed by atoms with Gasteiger partial charge in [0.05, 0.1) is 6.33 Å². The summed E-state index contributed by atoms with van der Waals surface area (Å²) in [5.74, 6) is 0. The molecule has 0 N–H and O–H groups in total. The Bertz CT molecular complexity index is 140. The van der Waals surface area contributed by atoms with E-state index < -0.39 is 0 Å². The summed E-state index contributed by atoms with van der Waals surface area (Å²) in [6.45, 7) is 4.36. The van der Waals surface area contributed by atoms with Crippen molar-refractivity contribution in [1.82, 2.24) is 8.53 Å². The smallest absolute Gasteiger partial charge is 0.350 e. The molecule has 1 aromatic heterocycles. The lowest BCUT2D eigenvalue weighted by molar-refractivity contribution is -0.00000227. The van der Waals surface area contributed by atoms with Crippen LogP contribution in [0.15, 0.2) is 18.7 Å². The summed E-state index contributed by atoms with van der Waals surface area (Å²) < 4.78 is 1.92. The van der Waals surface area contributed by atoms with E-state index in [9.17, 15) is 0 Å². The molecule has 0 unspecified atom stereocenters. The maximum atomic E-state index is 3.79. The molecule has 11 heavy (non-hydrogen) atoms. The zero-order chi connectivity index (χ0) is 7.82. The molecular formula is C7H14AlClN2-. The van der Waals surface area contributed by atoms with Gasteiger partial charge in [-0.15, -0.1) is 0 Å². The Balaban J connectivity index is 0. The third-order valence-electron chi connectivity index (χ3n) is 1.06. The van der Waals surface area contributed by atoms with E-state index in [1.165, 1.54) is 12.8 Å². The fourth-order valence-electron chi connectivity index (χ4n) is 0.287. The number of hydrogen-bond donors (Lipinski definition) is 0.